The number of aliphatic hydroxyl groups is 1. The van der Waals surface area contributed by atoms with Crippen molar-refractivity contribution in [2.75, 3.05) is 7.11 Å². The zero-order valence-electron chi connectivity index (χ0n) is 19.5. The van der Waals surface area contributed by atoms with Crippen LogP contribution >= 0.6 is 11.6 Å². The van der Waals surface area contributed by atoms with Gasteiger partial charge in [0.05, 0.1) is 26.1 Å². The van der Waals surface area contributed by atoms with Gasteiger partial charge in [-0.3, -0.25) is 14.4 Å². The summed E-state index contributed by atoms with van der Waals surface area (Å²) in [5, 5.41) is 11.4. The molecular formula is C24H33ClO8. The van der Waals surface area contributed by atoms with Crippen molar-refractivity contribution >= 4 is 29.5 Å². The third kappa shape index (κ3) is 8.95. The van der Waals surface area contributed by atoms with Crippen LogP contribution in [0.25, 0.3) is 0 Å². The van der Waals surface area contributed by atoms with Crippen molar-refractivity contribution in [1.82, 2.24) is 0 Å². The Balaban J connectivity index is 2.24. The second-order valence-corrected chi connectivity index (χ2v) is 8.90. The van der Waals surface area contributed by atoms with Crippen LogP contribution in [0.4, 0.5) is 0 Å². The molecule has 0 unspecified atom stereocenters. The van der Waals surface area contributed by atoms with E-state index >= 15 is 0 Å². The Morgan fingerprint density at radius 2 is 2.06 bits per heavy atom. The standard InChI is InChI=1S/C24H33ClO8/c1-14(11-22(28)30-4)10-19(27)24-21-12-18(32-24)9-8-17(25)7-5-6-15(2)20(31-16(3)26)13-23(29)33-21/h6-7,10,18-21,24,27H,5,8-9,11-13H2,1-4H3/b14-10+,15-6-,17-7-/t18-,19-,20-,21-,24-/m0/s1. The van der Waals surface area contributed by atoms with Gasteiger partial charge in [-0.1, -0.05) is 35.4 Å². The lowest BCUT2D eigenvalue weighted by molar-refractivity contribution is -0.159. The molecule has 2 bridgehead atoms. The predicted molar refractivity (Wildman–Crippen MR) is 121 cm³/mol. The highest BCUT2D eigenvalue weighted by Gasteiger charge is 2.41. The van der Waals surface area contributed by atoms with Crippen molar-refractivity contribution in [3.05, 3.63) is 34.4 Å². The highest BCUT2D eigenvalue weighted by Crippen LogP contribution is 2.31. The van der Waals surface area contributed by atoms with E-state index in [1.54, 1.807) is 13.8 Å². The minimum atomic E-state index is -1.09. The van der Waals surface area contributed by atoms with Crippen molar-refractivity contribution in [3.63, 3.8) is 0 Å². The van der Waals surface area contributed by atoms with E-state index in [2.05, 4.69) is 4.74 Å². The molecule has 0 aliphatic carbocycles. The van der Waals surface area contributed by atoms with Gasteiger partial charge in [0.1, 0.15) is 24.4 Å². The van der Waals surface area contributed by atoms with Gasteiger partial charge in [0.15, 0.2) is 0 Å². The van der Waals surface area contributed by atoms with Crippen molar-refractivity contribution in [2.45, 2.75) is 89.8 Å². The number of ether oxygens (including phenoxy) is 4. The molecule has 33 heavy (non-hydrogen) atoms. The van der Waals surface area contributed by atoms with Crippen molar-refractivity contribution in [1.29, 1.82) is 0 Å². The van der Waals surface area contributed by atoms with Gasteiger partial charge in [0.2, 0.25) is 0 Å². The second-order valence-electron chi connectivity index (χ2n) is 8.42. The molecule has 0 aromatic carbocycles. The summed E-state index contributed by atoms with van der Waals surface area (Å²) in [4.78, 5) is 35.8. The number of carbonyl (C=O) groups excluding carboxylic acids is 3. The van der Waals surface area contributed by atoms with Crippen LogP contribution < -0.4 is 0 Å². The van der Waals surface area contributed by atoms with Crippen molar-refractivity contribution < 1.29 is 38.4 Å². The highest BCUT2D eigenvalue weighted by molar-refractivity contribution is 6.29. The Labute approximate surface area is 199 Å². The second kappa shape index (κ2) is 12.9. The van der Waals surface area contributed by atoms with E-state index in [9.17, 15) is 19.5 Å². The van der Waals surface area contributed by atoms with Gasteiger partial charge < -0.3 is 24.1 Å². The van der Waals surface area contributed by atoms with Crippen molar-refractivity contribution in [3.8, 4) is 0 Å². The Morgan fingerprint density at radius 3 is 2.73 bits per heavy atom. The summed E-state index contributed by atoms with van der Waals surface area (Å²) in [6.45, 7) is 4.77. The molecule has 8 nitrogen and oxygen atoms in total. The molecule has 2 heterocycles. The lowest BCUT2D eigenvalue weighted by Crippen LogP contribution is -2.37. The van der Waals surface area contributed by atoms with E-state index in [0.717, 1.165) is 5.57 Å². The van der Waals surface area contributed by atoms with Crippen LogP contribution in [0.15, 0.2) is 34.4 Å². The first-order valence-electron chi connectivity index (χ1n) is 11.0. The van der Waals surface area contributed by atoms with Gasteiger partial charge in [-0.25, -0.2) is 0 Å². The lowest BCUT2D eigenvalue weighted by Gasteiger charge is -2.24. The number of methoxy groups -OCH3 is 1. The van der Waals surface area contributed by atoms with Crippen LogP contribution in [0.5, 0.6) is 0 Å². The third-order valence-electron chi connectivity index (χ3n) is 5.59. The number of halogens is 1. The SMILES string of the molecule is COC(=O)C/C(C)=C/[C@H](O)[C@@H]1O[C@H]2CC/C(Cl)=C/C/C=C(/C)[C@@H](OC(C)=O)CC(=O)O[C@H]1C2. The van der Waals surface area contributed by atoms with Gasteiger partial charge in [0.25, 0.3) is 0 Å². The molecule has 1 saturated heterocycles. The zero-order valence-corrected chi connectivity index (χ0v) is 20.3. The summed E-state index contributed by atoms with van der Waals surface area (Å²) >= 11 is 6.35. The lowest BCUT2D eigenvalue weighted by atomic mass is 10.0. The summed E-state index contributed by atoms with van der Waals surface area (Å²) in [7, 11) is 1.29. The molecule has 1 N–H and O–H groups in total. The molecule has 9 heteroatoms. The Bertz CT molecular complexity index is 815. The fourth-order valence-corrected chi connectivity index (χ4v) is 4.07. The molecule has 0 amide bonds. The summed E-state index contributed by atoms with van der Waals surface area (Å²) in [6, 6.07) is 0. The molecule has 0 aromatic heterocycles. The zero-order chi connectivity index (χ0) is 24.5. The first-order valence-corrected chi connectivity index (χ1v) is 11.4. The number of aliphatic hydroxyl groups excluding tert-OH is 1. The molecular weight excluding hydrogens is 452 g/mol. The fourth-order valence-electron chi connectivity index (χ4n) is 3.87. The van der Waals surface area contributed by atoms with E-state index in [1.165, 1.54) is 20.1 Å². The molecule has 184 valence electrons. The molecule has 0 spiro atoms. The van der Waals surface area contributed by atoms with Crippen molar-refractivity contribution in [2.24, 2.45) is 0 Å². The monoisotopic (exact) mass is 484 g/mol. The Hall–Kier alpha value is -2.16. The van der Waals surface area contributed by atoms with Gasteiger partial charge in [-0.15, -0.1) is 0 Å². The normalized spacial score (nSPS) is 31.2. The smallest absolute Gasteiger partial charge is 0.310 e. The van der Waals surface area contributed by atoms with Gasteiger partial charge in [0, 0.05) is 18.4 Å². The molecule has 5 atom stereocenters. The Kier molecular flexibility index (Phi) is 10.6. The van der Waals surface area contributed by atoms with E-state index in [1.807, 2.05) is 12.2 Å². The van der Waals surface area contributed by atoms with E-state index in [-0.39, 0.29) is 18.9 Å². The summed E-state index contributed by atoms with van der Waals surface area (Å²) in [6.07, 6.45) is 3.64. The molecule has 1 fully saturated rings. The summed E-state index contributed by atoms with van der Waals surface area (Å²) in [5.41, 5.74) is 1.33. The van der Waals surface area contributed by atoms with E-state index in [0.29, 0.717) is 36.3 Å². The van der Waals surface area contributed by atoms with Crippen LogP contribution in [0, 0.1) is 0 Å². The molecule has 2 rings (SSSR count). The highest BCUT2D eigenvalue weighted by atomic mass is 35.5. The number of allylic oxidation sites excluding steroid dienone is 3. The van der Waals surface area contributed by atoms with Crippen LogP contribution in [0.2, 0.25) is 0 Å². The average Bonchev–Trinajstić information content (AvgIpc) is 3.13. The number of carbonyl (C=O) groups is 3. The number of esters is 3. The fraction of sp³-hybridized carbons (Fsp3) is 0.625. The number of hydrogen-bond acceptors (Lipinski definition) is 8. The van der Waals surface area contributed by atoms with Gasteiger partial charge in [-0.05, 0) is 38.7 Å². The molecule has 2 aliphatic heterocycles. The maximum Gasteiger partial charge on any atom is 0.310 e. The maximum atomic E-state index is 12.7. The molecule has 0 saturated carbocycles. The van der Waals surface area contributed by atoms with Gasteiger partial charge >= 0.3 is 17.9 Å². The number of rotatable bonds is 5. The molecule has 2 aliphatic rings. The van der Waals surface area contributed by atoms with Crippen LogP contribution in [-0.2, 0) is 33.3 Å². The van der Waals surface area contributed by atoms with E-state index in [4.69, 9.17) is 25.8 Å². The number of fused-ring (bicyclic) bond motifs is 2. The summed E-state index contributed by atoms with van der Waals surface area (Å²) in [5.74, 6) is -1.48. The summed E-state index contributed by atoms with van der Waals surface area (Å²) < 4.78 is 21.7. The van der Waals surface area contributed by atoms with Crippen LogP contribution in [-0.4, -0.2) is 60.6 Å². The maximum absolute atomic E-state index is 12.7. The molecule has 0 radical (unpaired) electrons. The molecule has 0 aromatic rings. The van der Waals surface area contributed by atoms with Crippen LogP contribution in [0.3, 0.4) is 0 Å². The average molecular weight is 485 g/mol. The minimum Gasteiger partial charge on any atom is -0.469 e. The Morgan fingerprint density at radius 1 is 1.33 bits per heavy atom. The van der Waals surface area contributed by atoms with E-state index < -0.39 is 42.3 Å². The van der Waals surface area contributed by atoms with Gasteiger partial charge in [-0.2, -0.15) is 0 Å². The van der Waals surface area contributed by atoms with Crippen LogP contribution in [0.1, 0.15) is 59.3 Å². The topological polar surface area (TPSA) is 108 Å². The predicted octanol–water partition coefficient (Wildman–Crippen LogP) is 3.50. The third-order valence-corrected chi connectivity index (χ3v) is 5.93. The number of hydrogen-bond donors (Lipinski definition) is 1. The largest absolute Gasteiger partial charge is 0.469 e. The minimum absolute atomic E-state index is 0.0320. The quantitative estimate of drug-likeness (QED) is 0.359. The first kappa shape index (κ1) is 27.1. The first-order chi connectivity index (χ1) is 15.6.